The van der Waals surface area contributed by atoms with E-state index in [-0.39, 0.29) is 10.8 Å². The highest BCUT2D eigenvalue weighted by molar-refractivity contribution is 6.10. The summed E-state index contributed by atoms with van der Waals surface area (Å²) < 4.78 is 2.38. The van der Waals surface area contributed by atoms with Crippen LogP contribution in [0.15, 0.2) is 194 Å². The van der Waals surface area contributed by atoms with Gasteiger partial charge < -0.3 is 9.47 Å². The van der Waals surface area contributed by atoms with Gasteiger partial charge in [-0.25, -0.2) is 0 Å². The van der Waals surface area contributed by atoms with Gasteiger partial charge in [0.15, 0.2) is 0 Å². The third-order valence-corrected chi connectivity index (χ3v) is 13.0. The van der Waals surface area contributed by atoms with Crippen LogP contribution in [0.1, 0.15) is 49.9 Å². The second-order valence-electron chi connectivity index (χ2n) is 17.0. The Morgan fingerprint density at radius 1 is 0.362 bits per heavy atom. The summed E-state index contributed by atoms with van der Waals surface area (Å²) in [5.41, 5.74) is 20.3. The Morgan fingerprint density at radius 3 is 1.40 bits per heavy atom. The summed E-state index contributed by atoms with van der Waals surface area (Å²) in [5.74, 6) is 0. The first-order chi connectivity index (χ1) is 28.3. The fourth-order valence-electron chi connectivity index (χ4n) is 10.2. The Bertz CT molecular complexity index is 3020. The molecular weight excluding hydrogens is 701 g/mol. The van der Waals surface area contributed by atoms with Gasteiger partial charge in [-0.15, -0.1) is 0 Å². The van der Waals surface area contributed by atoms with Crippen LogP contribution in [0.25, 0.3) is 60.9 Å². The SMILES string of the molecule is CC1(C)C2=C(c3ccccc31)C(C)(C)c1cc(-c3ccc(N(c4ccc(-c5ccccc5)cc4)c4ccc(-n5c6ccccc6c6ccccc65)cc4)cc3)ccc12. The number of hydrogen-bond donors (Lipinski definition) is 0. The van der Waals surface area contributed by atoms with Crippen molar-refractivity contribution < 1.29 is 0 Å². The van der Waals surface area contributed by atoms with Gasteiger partial charge in [0.1, 0.15) is 0 Å². The summed E-state index contributed by atoms with van der Waals surface area (Å²) in [6.45, 7) is 9.61. The minimum Gasteiger partial charge on any atom is -0.311 e. The molecule has 1 aromatic heterocycles. The molecule has 2 nitrogen and oxygen atoms in total. The van der Waals surface area contributed by atoms with Crippen molar-refractivity contribution in [1.29, 1.82) is 0 Å². The fraction of sp³-hybridized carbons (Fsp3) is 0.107. The van der Waals surface area contributed by atoms with E-state index >= 15 is 0 Å². The summed E-state index contributed by atoms with van der Waals surface area (Å²) in [7, 11) is 0. The minimum atomic E-state index is -0.0847. The third kappa shape index (κ3) is 5.11. The van der Waals surface area contributed by atoms with E-state index in [0.29, 0.717) is 0 Å². The molecule has 2 heteroatoms. The van der Waals surface area contributed by atoms with E-state index in [2.05, 4.69) is 231 Å². The Kier molecular flexibility index (Phi) is 7.59. The second kappa shape index (κ2) is 12.8. The van der Waals surface area contributed by atoms with Gasteiger partial charge in [-0.05, 0) is 122 Å². The molecule has 0 fully saturated rings. The number of fused-ring (bicyclic) bond motifs is 7. The normalized spacial score (nSPS) is 14.8. The van der Waals surface area contributed by atoms with Crippen LogP contribution < -0.4 is 4.90 Å². The molecule has 2 aliphatic rings. The summed E-state index contributed by atoms with van der Waals surface area (Å²) in [5, 5.41) is 2.53. The number of rotatable bonds is 6. The third-order valence-electron chi connectivity index (χ3n) is 13.0. The maximum Gasteiger partial charge on any atom is 0.0541 e. The van der Waals surface area contributed by atoms with E-state index in [4.69, 9.17) is 0 Å². The Morgan fingerprint density at radius 2 is 0.793 bits per heavy atom. The topological polar surface area (TPSA) is 8.17 Å². The smallest absolute Gasteiger partial charge is 0.0541 e. The summed E-state index contributed by atoms with van der Waals surface area (Å²) in [4.78, 5) is 2.37. The maximum atomic E-state index is 2.45. The van der Waals surface area contributed by atoms with Gasteiger partial charge in [0.25, 0.3) is 0 Å². The Hall–Kier alpha value is -6.90. The van der Waals surface area contributed by atoms with Gasteiger partial charge in [0.2, 0.25) is 0 Å². The molecule has 0 saturated heterocycles. The number of nitrogens with zero attached hydrogens (tertiary/aromatic N) is 2. The van der Waals surface area contributed by atoms with Gasteiger partial charge >= 0.3 is 0 Å². The molecule has 8 aromatic carbocycles. The molecule has 2 aliphatic carbocycles. The second-order valence-corrected chi connectivity index (χ2v) is 17.0. The molecule has 58 heavy (non-hydrogen) atoms. The average molecular weight is 745 g/mol. The highest BCUT2D eigenvalue weighted by Crippen LogP contribution is 2.62. The molecule has 0 aliphatic heterocycles. The lowest BCUT2D eigenvalue weighted by Gasteiger charge is -2.28. The monoisotopic (exact) mass is 744 g/mol. The molecule has 0 amide bonds. The molecule has 9 aromatic rings. The molecule has 0 atom stereocenters. The summed E-state index contributed by atoms with van der Waals surface area (Å²) in [6, 6.07) is 71.3. The molecule has 278 valence electrons. The number of anilines is 3. The van der Waals surface area contributed by atoms with Crippen LogP contribution in [-0.4, -0.2) is 4.57 Å². The van der Waals surface area contributed by atoms with E-state index in [1.54, 1.807) is 0 Å². The van der Waals surface area contributed by atoms with Gasteiger partial charge in [-0.3, -0.25) is 0 Å². The quantitative estimate of drug-likeness (QED) is 0.165. The van der Waals surface area contributed by atoms with E-state index in [0.717, 1.165) is 22.7 Å². The zero-order valence-corrected chi connectivity index (χ0v) is 33.4. The van der Waals surface area contributed by atoms with Crippen molar-refractivity contribution >= 4 is 50.0 Å². The number of benzene rings is 8. The molecule has 0 spiro atoms. The highest BCUT2D eigenvalue weighted by Gasteiger charge is 2.49. The number of para-hydroxylation sites is 2. The number of allylic oxidation sites excluding steroid dienone is 2. The van der Waals surface area contributed by atoms with Gasteiger partial charge in [0, 0.05) is 44.4 Å². The van der Waals surface area contributed by atoms with Gasteiger partial charge in [-0.2, -0.15) is 0 Å². The number of hydrogen-bond acceptors (Lipinski definition) is 1. The molecule has 0 bridgehead atoms. The molecule has 0 unspecified atom stereocenters. The van der Waals surface area contributed by atoms with Crippen molar-refractivity contribution in [2.75, 3.05) is 4.90 Å². The van der Waals surface area contributed by atoms with Crippen molar-refractivity contribution in [3.8, 4) is 27.9 Å². The molecule has 11 rings (SSSR count). The van der Waals surface area contributed by atoms with E-state index in [9.17, 15) is 0 Å². The summed E-state index contributed by atoms with van der Waals surface area (Å²) >= 11 is 0. The predicted molar refractivity (Wildman–Crippen MR) is 246 cm³/mol. The van der Waals surface area contributed by atoms with E-state index < -0.39 is 0 Å². The van der Waals surface area contributed by atoms with Gasteiger partial charge in [0.05, 0.1) is 11.0 Å². The van der Waals surface area contributed by atoms with Crippen molar-refractivity contribution in [3.05, 3.63) is 216 Å². The van der Waals surface area contributed by atoms with Gasteiger partial charge in [-0.1, -0.05) is 155 Å². The zero-order valence-electron chi connectivity index (χ0n) is 33.4. The Labute approximate surface area is 341 Å². The fourth-order valence-corrected chi connectivity index (χ4v) is 10.2. The lowest BCUT2D eigenvalue weighted by Crippen LogP contribution is -2.19. The van der Waals surface area contributed by atoms with Crippen LogP contribution in [-0.2, 0) is 10.8 Å². The van der Waals surface area contributed by atoms with Crippen LogP contribution in [0.3, 0.4) is 0 Å². The maximum absolute atomic E-state index is 2.45. The van der Waals surface area contributed by atoms with Crippen LogP contribution in [0.5, 0.6) is 0 Å². The minimum absolute atomic E-state index is 0.0258. The Balaban J connectivity index is 0.972. The highest BCUT2D eigenvalue weighted by atomic mass is 15.1. The lowest BCUT2D eigenvalue weighted by molar-refractivity contribution is 0.694. The molecule has 1 heterocycles. The molecule has 0 saturated carbocycles. The first-order valence-electron chi connectivity index (χ1n) is 20.4. The van der Waals surface area contributed by atoms with Crippen molar-refractivity contribution in [2.45, 2.75) is 38.5 Å². The molecule has 0 N–H and O–H groups in total. The van der Waals surface area contributed by atoms with Crippen LogP contribution in [0.4, 0.5) is 17.1 Å². The van der Waals surface area contributed by atoms with Crippen molar-refractivity contribution in [3.63, 3.8) is 0 Å². The van der Waals surface area contributed by atoms with Crippen LogP contribution in [0.2, 0.25) is 0 Å². The predicted octanol–water partition coefficient (Wildman–Crippen LogP) is 15.1. The zero-order chi connectivity index (χ0) is 39.2. The molecule has 0 radical (unpaired) electrons. The first-order valence-corrected chi connectivity index (χ1v) is 20.4. The lowest BCUT2D eigenvalue weighted by atomic mass is 9.75. The number of aromatic nitrogens is 1. The summed E-state index contributed by atoms with van der Waals surface area (Å²) in [6.07, 6.45) is 0. The largest absolute Gasteiger partial charge is 0.311 e. The van der Waals surface area contributed by atoms with E-state index in [1.165, 1.54) is 77.5 Å². The van der Waals surface area contributed by atoms with Crippen molar-refractivity contribution in [2.24, 2.45) is 0 Å². The van der Waals surface area contributed by atoms with E-state index in [1.807, 2.05) is 0 Å². The average Bonchev–Trinajstić information content (AvgIpc) is 3.83. The molecular formula is C56H44N2. The van der Waals surface area contributed by atoms with Crippen molar-refractivity contribution in [1.82, 2.24) is 4.57 Å². The standard InChI is InChI=1S/C56H44N2/c1-55(2)49-19-11-8-18-47(49)53-54(55)48-35-26-40(36-50(48)56(53,3)4)39-24-29-42(30-25-39)57(41-27-22-38(23-28-41)37-14-6-5-7-15-37)43-31-33-44(34-32-43)58-51-20-12-9-16-45(51)46-17-10-13-21-52(46)58/h5-36H,1-4H3. The van der Waals surface area contributed by atoms with Crippen LogP contribution in [0, 0.1) is 0 Å². The van der Waals surface area contributed by atoms with Crippen LogP contribution >= 0.6 is 0 Å². The first kappa shape index (κ1) is 34.4.